The molecule has 0 saturated heterocycles. The lowest BCUT2D eigenvalue weighted by atomic mass is 10.1. The Morgan fingerprint density at radius 1 is 1.35 bits per heavy atom. The van der Waals surface area contributed by atoms with Crippen molar-refractivity contribution in [3.05, 3.63) is 41.3 Å². The molecule has 2 N–H and O–H groups in total. The van der Waals surface area contributed by atoms with Gasteiger partial charge in [-0.15, -0.1) is 0 Å². The largest absolute Gasteiger partial charge is 0.351 e. The molecule has 108 valence electrons. The van der Waals surface area contributed by atoms with E-state index in [-0.39, 0.29) is 0 Å². The summed E-state index contributed by atoms with van der Waals surface area (Å²) in [5, 5.41) is 4.54. The van der Waals surface area contributed by atoms with Gasteiger partial charge in [0.1, 0.15) is 5.82 Å². The Balaban J connectivity index is 2.32. The maximum Gasteiger partial charge on any atom is 0.130 e. The summed E-state index contributed by atoms with van der Waals surface area (Å²) in [7, 11) is 1.99. The highest BCUT2D eigenvalue weighted by Gasteiger charge is 2.18. The first-order valence-electron chi connectivity index (χ1n) is 7.04. The fourth-order valence-corrected chi connectivity index (χ4v) is 2.55. The average molecular weight is 273 g/mol. The highest BCUT2D eigenvalue weighted by atomic mass is 15.4. The summed E-state index contributed by atoms with van der Waals surface area (Å²) in [5.74, 6) is 1.15. The Labute approximate surface area is 120 Å². The highest BCUT2D eigenvalue weighted by molar-refractivity contribution is 5.50. The molecule has 20 heavy (non-hydrogen) atoms. The van der Waals surface area contributed by atoms with Gasteiger partial charge in [-0.1, -0.05) is 6.07 Å². The number of nitrogens with two attached hydrogens (primary N) is 1. The molecule has 0 aromatic carbocycles. The van der Waals surface area contributed by atoms with Crippen LogP contribution in [0.15, 0.2) is 24.4 Å². The van der Waals surface area contributed by atoms with E-state index in [2.05, 4.69) is 28.0 Å². The summed E-state index contributed by atoms with van der Waals surface area (Å²) < 4.78 is 1.95. The molecule has 2 aromatic heterocycles. The van der Waals surface area contributed by atoms with Gasteiger partial charge in [0.25, 0.3) is 0 Å². The third-order valence-electron chi connectivity index (χ3n) is 3.47. The molecular formula is C15H23N5. The van der Waals surface area contributed by atoms with Crippen molar-refractivity contribution in [1.82, 2.24) is 14.8 Å². The summed E-state index contributed by atoms with van der Waals surface area (Å²) in [5.41, 5.74) is 9.10. The zero-order chi connectivity index (χ0) is 14.5. The van der Waals surface area contributed by atoms with Crippen molar-refractivity contribution < 1.29 is 0 Å². The third kappa shape index (κ3) is 2.99. The second-order valence-corrected chi connectivity index (χ2v) is 4.89. The Hall–Kier alpha value is -1.88. The standard InChI is InChI=1S/C15H23N5/c1-4-20(11-13-7-5-6-10-17-13)15-14(8-9-16)12(2)18-19(15)3/h5-7,10H,4,8-9,11,16H2,1-3H3. The Morgan fingerprint density at radius 3 is 2.75 bits per heavy atom. The van der Waals surface area contributed by atoms with Gasteiger partial charge in [-0.2, -0.15) is 5.10 Å². The Bertz CT molecular complexity index is 547. The van der Waals surface area contributed by atoms with Gasteiger partial charge >= 0.3 is 0 Å². The van der Waals surface area contributed by atoms with Crippen LogP contribution in [-0.4, -0.2) is 27.9 Å². The summed E-state index contributed by atoms with van der Waals surface area (Å²) in [6.45, 7) is 6.53. The van der Waals surface area contributed by atoms with Crippen LogP contribution in [0.4, 0.5) is 5.82 Å². The van der Waals surface area contributed by atoms with Gasteiger partial charge in [0.05, 0.1) is 17.9 Å². The van der Waals surface area contributed by atoms with Crippen molar-refractivity contribution in [3.63, 3.8) is 0 Å². The van der Waals surface area contributed by atoms with E-state index >= 15 is 0 Å². The second-order valence-electron chi connectivity index (χ2n) is 4.89. The summed E-state index contributed by atoms with van der Waals surface area (Å²) in [4.78, 5) is 6.71. The van der Waals surface area contributed by atoms with Gasteiger partial charge < -0.3 is 10.6 Å². The maximum atomic E-state index is 5.73. The van der Waals surface area contributed by atoms with Gasteiger partial charge in [-0.05, 0) is 38.9 Å². The van der Waals surface area contributed by atoms with Gasteiger partial charge in [0, 0.05) is 25.4 Å². The molecule has 0 amide bonds. The lowest BCUT2D eigenvalue weighted by Crippen LogP contribution is -2.26. The minimum Gasteiger partial charge on any atom is -0.351 e. The number of nitrogens with zero attached hydrogens (tertiary/aromatic N) is 4. The predicted molar refractivity (Wildman–Crippen MR) is 81.7 cm³/mol. The first-order chi connectivity index (χ1) is 9.67. The van der Waals surface area contributed by atoms with Crippen LogP contribution in [0.25, 0.3) is 0 Å². The average Bonchev–Trinajstić information content (AvgIpc) is 2.73. The van der Waals surface area contributed by atoms with Crippen molar-refractivity contribution in [2.45, 2.75) is 26.8 Å². The van der Waals surface area contributed by atoms with Crippen LogP contribution in [0.2, 0.25) is 0 Å². The number of aromatic nitrogens is 3. The molecule has 2 rings (SSSR count). The molecule has 2 heterocycles. The maximum absolute atomic E-state index is 5.73. The molecule has 0 atom stereocenters. The zero-order valence-electron chi connectivity index (χ0n) is 12.5. The van der Waals surface area contributed by atoms with Crippen molar-refractivity contribution in [1.29, 1.82) is 0 Å². The molecule has 5 heteroatoms. The first-order valence-corrected chi connectivity index (χ1v) is 7.04. The van der Waals surface area contributed by atoms with Gasteiger partial charge in [-0.3, -0.25) is 9.67 Å². The number of hydrogen-bond donors (Lipinski definition) is 1. The van der Waals surface area contributed by atoms with Crippen LogP contribution >= 0.6 is 0 Å². The first kappa shape index (κ1) is 14.5. The number of pyridine rings is 1. The normalized spacial score (nSPS) is 10.8. The van der Waals surface area contributed by atoms with Crippen molar-refractivity contribution in [2.24, 2.45) is 12.8 Å². The minimum atomic E-state index is 0.640. The lowest BCUT2D eigenvalue weighted by Gasteiger charge is -2.24. The SMILES string of the molecule is CCN(Cc1ccccn1)c1c(CCN)c(C)nn1C. The molecule has 0 unspecified atom stereocenters. The van der Waals surface area contributed by atoms with Crippen LogP contribution in [0.5, 0.6) is 0 Å². The molecule has 0 aliphatic heterocycles. The fourth-order valence-electron chi connectivity index (χ4n) is 2.55. The van der Waals surface area contributed by atoms with Crippen LogP contribution in [0.1, 0.15) is 23.9 Å². The molecule has 2 aromatic rings. The van der Waals surface area contributed by atoms with Crippen molar-refractivity contribution in [3.8, 4) is 0 Å². The van der Waals surface area contributed by atoms with Gasteiger partial charge in [0.15, 0.2) is 0 Å². The number of aryl methyl sites for hydroxylation is 2. The number of hydrogen-bond acceptors (Lipinski definition) is 4. The van der Waals surface area contributed by atoms with Gasteiger partial charge in [0.2, 0.25) is 0 Å². The summed E-state index contributed by atoms with van der Waals surface area (Å²) >= 11 is 0. The van der Waals surface area contributed by atoms with E-state index in [1.165, 1.54) is 5.56 Å². The van der Waals surface area contributed by atoms with E-state index in [1.54, 1.807) is 0 Å². The number of rotatable bonds is 6. The van der Waals surface area contributed by atoms with E-state index in [0.29, 0.717) is 6.54 Å². The molecule has 5 nitrogen and oxygen atoms in total. The van der Waals surface area contributed by atoms with Gasteiger partial charge in [-0.25, -0.2) is 0 Å². The van der Waals surface area contributed by atoms with Crippen LogP contribution in [-0.2, 0) is 20.0 Å². The van der Waals surface area contributed by atoms with E-state index < -0.39 is 0 Å². The minimum absolute atomic E-state index is 0.640. The van der Waals surface area contributed by atoms with E-state index in [0.717, 1.165) is 36.7 Å². The monoisotopic (exact) mass is 273 g/mol. The quantitative estimate of drug-likeness (QED) is 0.869. The lowest BCUT2D eigenvalue weighted by molar-refractivity contribution is 0.698. The zero-order valence-corrected chi connectivity index (χ0v) is 12.5. The Kier molecular flexibility index (Phi) is 4.74. The molecule has 0 spiro atoms. The second kappa shape index (κ2) is 6.52. The molecule has 0 radical (unpaired) electrons. The Morgan fingerprint density at radius 2 is 2.15 bits per heavy atom. The van der Waals surface area contributed by atoms with Crippen LogP contribution < -0.4 is 10.6 Å². The summed E-state index contributed by atoms with van der Waals surface area (Å²) in [6.07, 6.45) is 2.69. The summed E-state index contributed by atoms with van der Waals surface area (Å²) in [6, 6.07) is 6.01. The van der Waals surface area contributed by atoms with E-state index in [4.69, 9.17) is 5.73 Å². The molecular weight excluding hydrogens is 250 g/mol. The van der Waals surface area contributed by atoms with Crippen LogP contribution in [0.3, 0.4) is 0 Å². The smallest absolute Gasteiger partial charge is 0.130 e. The van der Waals surface area contributed by atoms with E-state index in [9.17, 15) is 0 Å². The van der Waals surface area contributed by atoms with Crippen molar-refractivity contribution in [2.75, 3.05) is 18.0 Å². The highest BCUT2D eigenvalue weighted by Crippen LogP contribution is 2.24. The molecule has 0 aliphatic rings. The molecule has 0 fully saturated rings. The predicted octanol–water partition coefficient (Wildman–Crippen LogP) is 1.65. The molecule has 0 bridgehead atoms. The van der Waals surface area contributed by atoms with Crippen molar-refractivity contribution >= 4 is 5.82 Å². The van der Waals surface area contributed by atoms with Crippen LogP contribution in [0, 0.1) is 6.92 Å². The fraction of sp³-hybridized carbons (Fsp3) is 0.467. The molecule has 0 saturated carbocycles. The molecule has 0 aliphatic carbocycles. The number of anilines is 1. The van der Waals surface area contributed by atoms with E-state index in [1.807, 2.05) is 37.0 Å². The topological polar surface area (TPSA) is 60.0 Å². The third-order valence-corrected chi connectivity index (χ3v) is 3.47.